The molecule has 1 aromatic carbocycles. The van der Waals surface area contributed by atoms with Gasteiger partial charge in [-0.2, -0.15) is 10.1 Å². The molecule has 186 valence electrons. The minimum atomic E-state index is -0.222. The maximum Gasteiger partial charge on any atom is 0.227 e. The Hall–Kier alpha value is -3.00. The van der Waals surface area contributed by atoms with Crippen molar-refractivity contribution in [1.82, 2.24) is 19.7 Å². The van der Waals surface area contributed by atoms with E-state index in [1.54, 1.807) is 0 Å². The normalized spacial score (nSPS) is 20.9. The van der Waals surface area contributed by atoms with Crippen LogP contribution in [0.5, 0.6) is 0 Å². The molecule has 0 atom stereocenters. The third-order valence-corrected chi connectivity index (χ3v) is 7.43. The predicted molar refractivity (Wildman–Crippen MR) is 138 cm³/mol. The molecule has 5 rings (SSSR count). The first-order valence-corrected chi connectivity index (χ1v) is 13.2. The van der Waals surface area contributed by atoms with Crippen LogP contribution < -0.4 is 10.6 Å². The number of fused-ring (bicyclic) bond motifs is 1. The van der Waals surface area contributed by atoms with Crippen LogP contribution in [0, 0.1) is 5.92 Å². The molecule has 0 bridgehead atoms. The van der Waals surface area contributed by atoms with Crippen LogP contribution in [0.3, 0.4) is 0 Å². The first-order valence-electron chi connectivity index (χ1n) is 13.2. The second-order valence-corrected chi connectivity index (χ2v) is 10.0. The van der Waals surface area contributed by atoms with Crippen molar-refractivity contribution >= 4 is 28.6 Å². The topological polar surface area (TPSA) is 105 Å². The van der Waals surface area contributed by atoms with Gasteiger partial charge in [-0.3, -0.25) is 4.79 Å². The third-order valence-electron chi connectivity index (χ3n) is 7.43. The third kappa shape index (κ3) is 5.32. The molecule has 2 aromatic heterocycles. The fraction of sp³-hybridized carbons (Fsp3) is 0.556. The zero-order valence-corrected chi connectivity index (χ0v) is 20.5. The molecule has 0 unspecified atom stereocenters. The van der Waals surface area contributed by atoms with E-state index in [1.165, 1.54) is 0 Å². The van der Waals surface area contributed by atoms with Gasteiger partial charge in [0.1, 0.15) is 5.69 Å². The number of nitrogens with one attached hydrogen (secondary N) is 2. The number of carbonyl (C=O) groups is 1. The summed E-state index contributed by atoms with van der Waals surface area (Å²) in [5.74, 6) is 0.890. The van der Waals surface area contributed by atoms with Crippen molar-refractivity contribution in [3.8, 4) is 11.3 Å². The van der Waals surface area contributed by atoms with Crippen LogP contribution >= 0.6 is 0 Å². The minimum absolute atomic E-state index is 0.126. The average Bonchev–Trinajstić information content (AvgIpc) is 3.54. The number of amides is 1. The molecular formula is C27H36N6O2. The average molecular weight is 477 g/mol. The van der Waals surface area contributed by atoms with Gasteiger partial charge in [-0.25, -0.2) is 9.67 Å². The number of carbonyl (C=O) groups excluding carboxylic acids is 1. The summed E-state index contributed by atoms with van der Waals surface area (Å²) in [6, 6.07) is 8.12. The summed E-state index contributed by atoms with van der Waals surface area (Å²) in [5, 5.41) is 22.3. The van der Waals surface area contributed by atoms with E-state index in [2.05, 4.69) is 22.5 Å². The predicted octanol–water partition coefficient (Wildman–Crippen LogP) is 5.31. The number of benzene rings is 1. The van der Waals surface area contributed by atoms with Crippen LogP contribution in [0.1, 0.15) is 77.2 Å². The summed E-state index contributed by atoms with van der Waals surface area (Å²) in [4.78, 5) is 21.9. The van der Waals surface area contributed by atoms with Crippen molar-refractivity contribution in [2.75, 3.05) is 17.2 Å². The van der Waals surface area contributed by atoms with Gasteiger partial charge in [0.05, 0.1) is 17.5 Å². The van der Waals surface area contributed by atoms with Gasteiger partial charge in [-0.1, -0.05) is 38.3 Å². The summed E-state index contributed by atoms with van der Waals surface area (Å²) in [6.07, 6.45) is 11.4. The second kappa shape index (κ2) is 10.7. The molecule has 35 heavy (non-hydrogen) atoms. The van der Waals surface area contributed by atoms with E-state index in [0.717, 1.165) is 98.7 Å². The molecule has 2 saturated carbocycles. The van der Waals surface area contributed by atoms with E-state index in [0.29, 0.717) is 5.95 Å². The number of aromatic nitrogens is 4. The van der Waals surface area contributed by atoms with Gasteiger partial charge in [0.15, 0.2) is 5.65 Å². The molecule has 1 amide bonds. The summed E-state index contributed by atoms with van der Waals surface area (Å²) in [5.41, 5.74) is 3.46. The number of hydrogen-bond acceptors (Lipinski definition) is 6. The molecule has 8 nitrogen and oxygen atoms in total. The molecule has 0 radical (unpaired) electrons. The molecule has 3 N–H and O–H groups in total. The standard InChI is InChI=1S/C27H36N6O2/c1-2-3-16-28-27-29-17-23-24(32-33(25(23)31-27)21-12-14-22(34)15-13-21)18-8-10-20(11-9-18)30-26(35)19-6-4-5-7-19/h8-11,17,19,21-22,34H,2-7,12-16H2,1H3,(H,30,35)(H,28,29,31). The highest BCUT2D eigenvalue weighted by Gasteiger charge is 2.26. The van der Waals surface area contributed by atoms with Crippen LogP contribution in [-0.2, 0) is 4.79 Å². The van der Waals surface area contributed by atoms with E-state index in [-0.39, 0.29) is 24.0 Å². The molecule has 2 aliphatic carbocycles. The van der Waals surface area contributed by atoms with Crippen molar-refractivity contribution < 1.29 is 9.90 Å². The van der Waals surface area contributed by atoms with E-state index in [4.69, 9.17) is 10.1 Å². The van der Waals surface area contributed by atoms with Gasteiger partial charge in [0.25, 0.3) is 0 Å². The van der Waals surface area contributed by atoms with Crippen LogP contribution in [0.15, 0.2) is 30.5 Å². The Morgan fingerprint density at radius 1 is 1.09 bits per heavy atom. The summed E-state index contributed by atoms with van der Waals surface area (Å²) in [6.45, 7) is 3.00. The van der Waals surface area contributed by atoms with Crippen molar-refractivity contribution in [2.45, 2.75) is 83.3 Å². The largest absolute Gasteiger partial charge is 0.393 e. The lowest BCUT2D eigenvalue weighted by Gasteiger charge is -2.25. The van der Waals surface area contributed by atoms with Gasteiger partial charge in [-0.15, -0.1) is 0 Å². The highest BCUT2D eigenvalue weighted by Crippen LogP contribution is 2.35. The Morgan fingerprint density at radius 2 is 1.83 bits per heavy atom. The van der Waals surface area contributed by atoms with E-state index < -0.39 is 0 Å². The molecule has 0 spiro atoms. The molecule has 2 heterocycles. The van der Waals surface area contributed by atoms with Gasteiger partial charge < -0.3 is 15.7 Å². The first-order chi connectivity index (χ1) is 17.1. The van der Waals surface area contributed by atoms with Crippen molar-refractivity contribution in [2.24, 2.45) is 5.92 Å². The summed E-state index contributed by atoms with van der Waals surface area (Å²) in [7, 11) is 0. The maximum atomic E-state index is 12.5. The number of unbranched alkanes of at least 4 members (excludes halogenated alkanes) is 1. The SMILES string of the molecule is CCCCNc1ncc2c(-c3ccc(NC(=O)C4CCCC4)cc3)nn(C3CCC(O)CC3)c2n1. The Bertz CT molecular complexity index is 1140. The van der Waals surface area contributed by atoms with Crippen molar-refractivity contribution in [1.29, 1.82) is 0 Å². The number of hydrogen-bond donors (Lipinski definition) is 3. The first kappa shape index (κ1) is 23.7. The number of aliphatic hydroxyl groups is 1. The molecule has 2 fully saturated rings. The molecule has 2 aliphatic rings. The van der Waals surface area contributed by atoms with Crippen LogP contribution in [-0.4, -0.2) is 43.4 Å². The Kier molecular flexibility index (Phi) is 7.27. The number of anilines is 2. The smallest absolute Gasteiger partial charge is 0.227 e. The lowest BCUT2D eigenvalue weighted by molar-refractivity contribution is -0.119. The van der Waals surface area contributed by atoms with E-state index in [1.807, 2.05) is 35.1 Å². The number of nitrogens with zero attached hydrogens (tertiary/aromatic N) is 4. The highest BCUT2D eigenvalue weighted by atomic mass is 16.3. The Morgan fingerprint density at radius 3 is 2.54 bits per heavy atom. The lowest BCUT2D eigenvalue weighted by Crippen LogP contribution is -2.22. The van der Waals surface area contributed by atoms with Crippen LogP contribution in [0.25, 0.3) is 22.3 Å². The maximum absolute atomic E-state index is 12.5. The number of rotatable bonds is 8. The summed E-state index contributed by atoms with van der Waals surface area (Å²) >= 11 is 0. The van der Waals surface area contributed by atoms with Crippen molar-refractivity contribution in [3.05, 3.63) is 30.5 Å². The lowest BCUT2D eigenvalue weighted by atomic mass is 9.93. The van der Waals surface area contributed by atoms with Gasteiger partial charge >= 0.3 is 0 Å². The molecule has 0 saturated heterocycles. The highest BCUT2D eigenvalue weighted by molar-refractivity contribution is 5.94. The molecule has 3 aromatic rings. The van der Waals surface area contributed by atoms with Gasteiger partial charge in [-0.05, 0) is 57.1 Å². The fourth-order valence-electron chi connectivity index (χ4n) is 5.30. The molecule has 0 aliphatic heterocycles. The van der Waals surface area contributed by atoms with Gasteiger partial charge in [0, 0.05) is 29.9 Å². The summed E-state index contributed by atoms with van der Waals surface area (Å²) < 4.78 is 2.04. The second-order valence-electron chi connectivity index (χ2n) is 10.0. The monoisotopic (exact) mass is 476 g/mol. The van der Waals surface area contributed by atoms with Crippen molar-refractivity contribution in [3.63, 3.8) is 0 Å². The Balaban J connectivity index is 1.43. The zero-order chi connectivity index (χ0) is 24.2. The Labute approximate surface area is 206 Å². The van der Waals surface area contributed by atoms with E-state index in [9.17, 15) is 9.90 Å². The van der Waals surface area contributed by atoms with Gasteiger partial charge in [0.2, 0.25) is 11.9 Å². The van der Waals surface area contributed by atoms with Crippen LogP contribution in [0.2, 0.25) is 0 Å². The number of aliphatic hydroxyl groups excluding tert-OH is 1. The zero-order valence-electron chi connectivity index (χ0n) is 20.5. The fourth-order valence-corrected chi connectivity index (χ4v) is 5.30. The minimum Gasteiger partial charge on any atom is -0.393 e. The molecule has 8 heteroatoms. The molecular weight excluding hydrogens is 440 g/mol. The van der Waals surface area contributed by atoms with Crippen LogP contribution in [0.4, 0.5) is 11.6 Å². The quantitative estimate of drug-likeness (QED) is 0.381. The van der Waals surface area contributed by atoms with E-state index >= 15 is 0 Å².